The van der Waals surface area contributed by atoms with Gasteiger partial charge in [0, 0.05) is 30.1 Å². The molecule has 27 heavy (non-hydrogen) atoms. The summed E-state index contributed by atoms with van der Waals surface area (Å²) >= 11 is 0. The summed E-state index contributed by atoms with van der Waals surface area (Å²) in [6.07, 6.45) is 2.77. The molecule has 1 fully saturated rings. The van der Waals surface area contributed by atoms with Crippen molar-refractivity contribution in [2.45, 2.75) is 32.4 Å². The molecule has 4 heterocycles. The highest BCUT2D eigenvalue weighted by molar-refractivity contribution is 5.77. The van der Waals surface area contributed by atoms with Crippen LogP contribution >= 0.6 is 0 Å². The Bertz CT molecular complexity index is 1140. The zero-order valence-corrected chi connectivity index (χ0v) is 15.4. The molecule has 0 spiro atoms. The third kappa shape index (κ3) is 2.82. The number of quaternary nitrogens is 1. The number of benzene rings is 1. The van der Waals surface area contributed by atoms with Gasteiger partial charge >= 0.3 is 0 Å². The molecule has 3 aromatic rings. The summed E-state index contributed by atoms with van der Waals surface area (Å²) in [5, 5.41) is 0.668. The molecule has 0 saturated carbocycles. The molecule has 1 unspecified atom stereocenters. The van der Waals surface area contributed by atoms with Gasteiger partial charge in [0.25, 0.3) is 5.56 Å². The summed E-state index contributed by atoms with van der Waals surface area (Å²) < 4.78 is 7.67. The molecule has 2 aromatic heterocycles. The van der Waals surface area contributed by atoms with E-state index in [1.54, 1.807) is 12.3 Å². The molecule has 1 saturated heterocycles. The van der Waals surface area contributed by atoms with E-state index in [4.69, 9.17) is 4.42 Å². The Morgan fingerprint density at radius 2 is 2.07 bits per heavy atom. The van der Waals surface area contributed by atoms with Crippen LogP contribution in [0.2, 0.25) is 0 Å². The first kappa shape index (κ1) is 16.5. The average Bonchev–Trinajstić information content (AvgIpc) is 2.65. The number of hydrogen-bond donors (Lipinski definition) is 1. The van der Waals surface area contributed by atoms with Gasteiger partial charge in [0.1, 0.15) is 18.4 Å². The van der Waals surface area contributed by atoms with E-state index in [0.29, 0.717) is 29.3 Å². The van der Waals surface area contributed by atoms with Crippen molar-refractivity contribution in [1.29, 1.82) is 0 Å². The lowest BCUT2D eigenvalue weighted by molar-refractivity contribution is -0.924. The monoisotopic (exact) mass is 363 g/mol. The molecule has 138 valence electrons. The third-order valence-corrected chi connectivity index (χ3v) is 6.11. The minimum Gasteiger partial charge on any atom is -0.464 e. The summed E-state index contributed by atoms with van der Waals surface area (Å²) in [6.45, 7) is 5.40. The second-order valence-corrected chi connectivity index (χ2v) is 8.12. The van der Waals surface area contributed by atoms with Gasteiger partial charge < -0.3 is 13.9 Å². The molecule has 2 aliphatic rings. The molecule has 0 radical (unpaired) electrons. The quantitative estimate of drug-likeness (QED) is 0.750. The fourth-order valence-corrected chi connectivity index (χ4v) is 4.94. The highest BCUT2D eigenvalue weighted by Gasteiger charge is 2.37. The van der Waals surface area contributed by atoms with Crippen LogP contribution in [0.3, 0.4) is 0 Å². The molecule has 5 heteroatoms. The highest BCUT2D eigenvalue weighted by Crippen LogP contribution is 2.30. The van der Waals surface area contributed by atoms with Gasteiger partial charge in [-0.15, -0.1) is 0 Å². The van der Waals surface area contributed by atoms with Gasteiger partial charge in [-0.05, 0) is 31.5 Å². The fourth-order valence-electron chi connectivity index (χ4n) is 4.94. The van der Waals surface area contributed by atoms with Gasteiger partial charge in [0.2, 0.25) is 5.43 Å². The molecule has 2 aliphatic heterocycles. The van der Waals surface area contributed by atoms with E-state index < -0.39 is 0 Å². The van der Waals surface area contributed by atoms with E-state index in [-0.39, 0.29) is 11.0 Å². The number of aryl methyl sites for hydroxylation is 1. The smallest absolute Gasteiger partial charge is 0.250 e. The summed E-state index contributed by atoms with van der Waals surface area (Å²) in [4.78, 5) is 26.5. The van der Waals surface area contributed by atoms with E-state index in [1.807, 2.05) is 35.8 Å². The maximum absolute atomic E-state index is 12.9. The van der Waals surface area contributed by atoms with Crippen LogP contribution in [-0.4, -0.2) is 17.7 Å². The van der Waals surface area contributed by atoms with Crippen molar-refractivity contribution in [3.8, 4) is 0 Å². The van der Waals surface area contributed by atoms with Gasteiger partial charge in [-0.1, -0.05) is 17.7 Å². The number of piperidine rings is 1. The van der Waals surface area contributed by atoms with Crippen molar-refractivity contribution < 1.29 is 9.32 Å². The molecule has 3 atom stereocenters. The normalized spacial score (nSPS) is 24.0. The molecule has 5 rings (SSSR count). The zero-order valence-electron chi connectivity index (χ0n) is 15.4. The lowest BCUT2D eigenvalue weighted by Crippen LogP contribution is -3.13. The molecular weight excluding hydrogens is 340 g/mol. The Labute approximate surface area is 156 Å². The Hall–Kier alpha value is -2.66. The molecule has 1 N–H and O–H groups in total. The van der Waals surface area contributed by atoms with E-state index in [1.165, 1.54) is 4.90 Å². The van der Waals surface area contributed by atoms with E-state index in [9.17, 15) is 9.59 Å². The van der Waals surface area contributed by atoms with Crippen molar-refractivity contribution in [2.75, 3.05) is 13.1 Å². The minimum absolute atomic E-state index is 0.0832. The second-order valence-electron chi connectivity index (χ2n) is 8.12. The maximum Gasteiger partial charge on any atom is 0.250 e. The predicted octanol–water partition coefficient (Wildman–Crippen LogP) is 1.47. The molecule has 5 nitrogen and oxygen atoms in total. The standard InChI is InChI=1S/C22H22N2O3/c1-14-5-6-20-18(7-14)22(26)17(13-27-20)12-23-9-15-8-16(11-23)19-3-2-4-21(25)24(19)10-15/h2-7,13,15-16H,8-12H2,1H3/p+1/t15-,16+/m1/s1. The largest absolute Gasteiger partial charge is 0.464 e. The first-order valence-electron chi connectivity index (χ1n) is 9.63. The fraction of sp³-hybridized carbons (Fsp3) is 0.364. The molecular formula is C22H23N2O3+. The van der Waals surface area contributed by atoms with E-state index >= 15 is 0 Å². The maximum atomic E-state index is 12.9. The van der Waals surface area contributed by atoms with Crippen LogP contribution in [-0.2, 0) is 13.1 Å². The van der Waals surface area contributed by atoms with Crippen LogP contribution in [0.15, 0.2) is 56.7 Å². The van der Waals surface area contributed by atoms with Gasteiger partial charge in [0.05, 0.1) is 24.0 Å². The van der Waals surface area contributed by atoms with Crippen molar-refractivity contribution in [3.63, 3.8) is 0 Å². The second kappa shape index (κ2) is 6.20. The predicted molar refractivity (Wildman–Crippen MR) is 103 cm³/mol. The van der Waals surface area contributed by atoms with Crippen molar-refractivity contribution >= 4 is 11.0 Å². The number of nitrogens with zero attached hydrogens (tertiary/aromatic N) is 1. The van der Waals surface area contributed by atoms with Crippen LogP contribution in [0, 0.1) is 12.8 Å². The van der Waals surface area contributed by atoms with Crippen LogP contribution < -0.4 is 15.9 Å². The number of nitrogens with one attached hydrogen (secondary N) is 1. The zero-order chi connectivity index (χ0) is 18.5. The first-order chi connectivity index (χ1) is 13.1. The lowest BCUT2D eigenvalue weighted by Gasteiger charge is -2.40. The number of rotatable bonds is 2. The molecule has 1 aromatic carbocycles. The van der Waals surface area contributed by atoms with Crippen molar-refractivity contribution in [2.24, 2.45) is 5.92 Å². The number of aromatic nitrogens is 1. The third-order valence-electron chi connectivity index (χ3n) is 6.11. The van der Waals surface area contributed by atoms with Crippen LogP contribution in [0.1, 0.15) is 29.2 Å². The van der Waals surface area contributed by atoms with E-state index in [0.717, 1.165) is 42.9 Å². The minimum atomic E-state index is 0.0832. The number of fused-ring (bicyclic) bond motifs is 5. The van der Waals surface area contributed by atoms with Crippen molar-refractivity contribution in [1.82, 2.24) is 4.57 Å². The van der Waals surface area contributed by atoms with Gasteiger partial charge in [0.15, 0.2) is 0 Å². The first-order valence-corrected chi connectivity index (χ1v) is 9.63. The van der Waals surface area contributed by atoms with Crippen LogP contribution in [0.5, 0.6) is 0 Å². The summed E-state index contributed by atoms with van der Waals surface area (Å²) in [5.74, 6) is 0.872. The molecule has 0 aliphatic carbocycles. The number of hydrogen-bond acceptors (Lipinski definition) is 3. The highest BCUT2D eigenvalue weighted by atomic mass is 16.3. The Morgan fingerprint density at radius 1 is 1.19 bits per heavy atom. The number of pyridine rings is 1. The number of likely N-dealkylation sites (tertiary alicyclic amines) is 1. The van der Waals surface area contributed by atoms with Crippen LogP contribution in [0.25, 0.3) is 11.0 Å². The van der Waals surface area contributed by atoms with Gasteiger partial charge in [-0.2, -0.15) is 0 Å². The van der Waals surface area contributed by atoms with Crippen molar-refractivity contribution in [3.05, 3.63) is 80.1 Å². The summed E-state index contributed by atoms with van der Waals surface area (Å²) in [5.41, 5.74) is 3.80. The Morgan fingerprint density at radius 3 is 2.96 bits per heavy atom. The summed E-state index contributed by atoms with van der Waals surface area (Å²) in [7, 11) is 0. The van der Waals surface area contributed by atoms with Gasteiger partial charge in [-0.3, -0.25) is 9.59 Å². The Balaban J connectivity index is 1.45. The van der Waals surface area contributed by atoms with Gasteiger partial charge in [-0.25, -0.2) is 0 Å². The Kier molecular flexibility index (Phi) is 3.79. The summed E-state index contributed by atoms with van der Waals surface area (Å²) in [6, 6.07) is 11.3. The lowest BCUT2D eigenvalue weighted by atomic mass is 9.83. The SMILES string of the molecule is Cc1ccc2occ(C[NH+]3C[C@H]4C[C@@H](C3)c3cccc(=O)n3C4)c(=O)c2c1. The van der Waals surface area contributed by atoms with Crippen LogP contribution in [0.4, 0.5) is 0 Å². The average molecular weight is 363 g/mol. The molecule has 0 amide bonds. The molecule has 2 bridgehead atoms. The topological polar surface area (TPSA) is 56.7 Å². The van der Waals surface area contributed by atoms with E-state index in [2.05, 4.69) is 6.07 Å².